The number of aryl methyl sites for hydroxylation is 1. The van der Waals surface area contributed by atoms with E-state index in [2.05, 4.69) is 25.3 Å². The van der Waals surface area contributed by atoms with Crippen LogP contribution in [0.15, 0.2) is 40.4 Å². The highest BCUT2D eigenvalue weighted by Gasteiger charge is 2.27. The normalized spacial score (nSPS) is 15.0. The van der Waals surface area contributed by atoms with Gasteiger partial charge in [0.25, 0.3) is 0 Å². The Labute approximate surface area is 164 Å². The predicted molar refractivity (Wildman–Crippen MR) is 108 cm³/mol. The van der Waals surface area contributed by atoms with Gasteiger partial charge in [-0.1, -0.05) is 12.1 Å². The molecule has 1 saturated carbocycles. The molecule has 0 spiro atoms. The Morgan fingerprint density at radius 1 is 1.26 bits per heavy atom. The topological polar surface area (TPSA) is 95.5 Å². The molecule has 1 heterocycles. The second-order valence-electron chi connectivity index (χ2n) is 6.45. The average Bonchev–Trinajstić information content (AvgIpc) is 3.35. The molecule has 3 N–H and O–H groups in total. The first-order valence-corrected chi connectivity index (χ1v) is 11.3. The summed E-state index contributed by atoms with van der Waals surface area (Å²) in [5, 5.41) is 7.48. The van der Waals surface area contributed by atoms with E-state index in [9.17, 15) is 8.42 Å². The van der Waals surface area contributed by atoms with Gasteiger partial charge in [0.15, 0.2) is 5.96 Å². The molecule has 0 bridgehead atoms. The van der Waals surface area contributed by atoms with Gasteiger partial charge in [0.2, 0.25) is 10.0 Å². The second kappa shape index (κ2) is 8.81. The summed E-state index contributed by atoms with van der Waals surface area (Å²) in [5.74, 6) is 0.706. The van der Waals surface area contributed by atoms with Gasteiger partial charge in [0.05, 0.1) is 18.0 Å². The summed E-state index contributed by atoms with van der Waals surface area (Å²) in [7, 11) is -3.41. The molecule has 0 unspecified atom stereocenters. The molecule has 1 aliphatic rings. The van der Waals surface area contributed by atoms with E-state index < -0.39 is 10.0 Å². The van der Waals surface area contributed by atoms with Crippen LogP contribution in [0.3, 0.4) is 0 Å². The molecule has 7 nitrogen and oxygen atoms in total. The maximum absolute atomic E-state index is 12.2. The average molecular weight is 408 g/mol. The summed E-state index contributed by atoms with van der Waals surface area (Å²) in [6.45, 7) is 5.88. The number of rotatable bonds is 8. The van der Waals surface area contributed by atoms with Crippen LogP contribution in [0.1, 0.15) is 35.2 Å². The van der Waals surface area contributed by atoms with E-state index in [0.717, 1.165) is 30.0 Å². The van der Waals surface area contributed by atoms with E-state index in [0.29, 0.717) is 23.9 Å². The number of hydrogen-bond acceptors (Lipinski definition) is 5. The largest absolute Gasteiger partial charge is 0.357 e. The summed E-state index contributed by atoms with van der Waals surface area (Å²) >= 11 is 1.66. The van der Waals surface area contributed by atoms with Crippen LogP contribution in [-0.4, -0.2) is 31.9 Å². The van der Waals surface area contributed by atoms with E-state index in [-0.39, 0.29) is 6.04 Å². The van der Waals surface area contributed by atoms with Gasteiger partial charge in [0, 0.05) is 23.7 Å². The fourth-order valence-corrected chi connectivity index (χ4v) is 4.45. The first-order chi connectivity index (χ1) is 13.0. The summed E-state index contributed by atoms with van der Waals surface area (Å²) in [6.07, 6.45) is 3.71. The van der Waals surface area contributed by atoms with Crippen molar-refractivity contribution < 1.29 is 8.42 Å². The maximum Gasteiger partial charge on any atom is 0.240 e. The molecule has 1 aliphatic carbocycles. The number of sulfonamides is 1. The number of aromatic nitrogens is 1. The van der Waals surface area contributed by atoms with Gasteiger partial charge >= 0.3 is 0 Å². The van der Waals surface area contributed by atoms with Gasteiger partial charge in [-0.15, -0.1) is 11.3 Å². The maximum atomic E-state index is 12.2. The minimum absolute atomic E-state index is 0.106. The van der Waals surface area contributed by atoms with Crippen LogP contribution in [0.2, 0.25) is 0 Å². The van der Waals surface area contributed by atoms with Crippen LogP contribution in [0.5, 0.6) is 0 Å². The highest BCUT2D eigenvalue weighted by atomic mass is 32.2. The molecular formula is C18H25N5O2S2. The summed E-state index contributed by atoms with van der Waals surface area (Å²) in [6, 6.07) is 6.98. The summed E-state index contributed by atoms with van der Waals surface area (Å²) in [4.78, 5) is 10.4. The van der Waals surface area contributed by atoms with E-state index >= 15 is 0 Å². The highest BCUT2D eigenvalue weighted by Crippen LogP contribution is 2.22. The Bertz CT molecular complexity index is 887. The van der Waals surface area contributed by atoms with Gasteiger partial charge in [-0.2, -0.15) is 0 Å². The number of hydrogen-bond donors (Lipinski definition) is 3. The fourth-order valence-electron chi connectivity index (χ4n) is 2.42. The highest BCUT2D eigenvalue weighted by molar-refractivity contribution is 7.89. The van der Waals surface area contributed by atoms with Crippen molar-refractivity contribution in [1.29, 1.82) is 0 Å². The van der Waals surface area contributed by atoms with Gasteiger partial charge < -0.3 is 10.6 Å². The number of nitrogens with zero attached hydrogens (tertiary/aromatic N) is 2. The molecule has 3 rings (SSSR count). The van der Waals surface area contributed by atoms with Crippen molar-refractivity contribution in [3.05, 3.63) is 45.9 Å². The first kappa shape index (κ1) is 19.8. The zero-order chi connectivity index (χ0) is 19.3. The van der Waals surface area contributed by atoms with E-state index in [1.165, 1.54) is 4.88 Å². The Morgan fingerprint density at radius 3 is 2.59 bits per heavy atom. The van der Waals surface area contributed by atoms with Crippen LogP contribution in [-0.2, 0) is 23.1 Å². The molecule has 1 aromatic carbocycles. The Kier molecular flexibility index (Phi) is 6.46. The van der Waals surface area contributed by atoms with Crippen molar-refractivity contribution in [2.45, 2.75) is 50.7 Å². The standard InChI is InChI=1S/C18H25N5O2S2/c1-3-19-18(22-12-17-20-10-13(2)26-17)21-11-14-4-8-16(9-5-14)27(24,25)23-15-6-7-15/h4-5,8-10,15,23H,3,6-7,11-12H2,1-2H3,(H2,19,21,22). The smallest absolute Gasteiger partial charge is 0.240 e. The molecule has 1 fully saturated rings. The zero-order valence-electron chi connectivity index (χ0n) is 15.5. The van der Waals surface area contributed by atoms with Crippen LogP contribution in [0, 0.1) is 6.92 Å². The Morgan fingerprint density at radius 2 is 2.00 bits per heavy atom. The number of nitrogens with one attached hydrogen (secondary N) is 3. The molecule has 0 aliphatic heterocycles. The molecular weight excluding hydrogens is 382 g/mol. The first-order valence-electron chi connectivity index (χ1n) is 9.01. The lowest BCUT2D eigenvalue weighted by atomic mass is 10.2. The molecule has 0 saturated heterocycles. The SMILES string of the molecule is CCNC(=NCc1ccc(S(=O)(=O)NC2CC2)cc1)NCc1ncc(C)s1. The zero-order valence-corrected chi connectivity index (χ0v) is 17.2. The molecule has 2 aromatic rings. The van der Waals surface area contributed by atoms with Crippen molar-refractivity contribution in [3.63, 3.8) is 0 Å². The molecule has 0 radical (unpaired) electrons. The van der Waals surface area contributed by atoms with Gasteiger partial charge in [-0.25, -0.2) is 23.1 Å². The molecule has 0 amide bonds. The predicted octanol–water partition coefficient (Wildman–Crippen LogP) is 2.15. The third-order valence-corrected chi connectivity index (χ3v) is 6.42. The van der Waals surface area contributed by atoms with E-state index in [1.807, 2.05) is 20.0 Å². The van der Waals surface area contributed by atoms with Crippen molar-refractivity contribution >= 4 is 27.3 Å². The van der Waals surface area contributed by atoms with Crippen molar-refractivity contribution in [3.8, 4) is 0 Å². The van der Waals surface area contributed by atoms with Gasteiger partial charge in [-0.05, 0) is 44.4 Å². The molecule has 0 atom stereocenters. The van der Waals surface area contributed by atoms with Crippen LogP contribution >= 0.6 is 11.3 Å². The second-order valence-corrected chi connectivity index (χ2v) is 9.49. The molecule has 9 heteroatoms. The number of thiazole rings is 1. The fraction of sp³-hybridized carbons (Fsp3) is 0.444. The number of guanidine groups is 1. The Balaban J connectivity index is 1.59. The van der Waals surface area contributed by atoms with E-state index in [4.69, 9.17) is 0 Å². The monoisotopic (exact) mass is 407 g/mol. The molecule has 27 heavy (non-hydrogen) atoms. The van der Waals surface area contributed by atoms with Crippen molar-refractivity contribution in [2.75, 3.05) is 6.54 Å². The van der Waals surface area contributed by atoms with Crippen molar-refractivity contribution in [2.24, 2.45) is 4.99 Å². The molecule has 1 aromatic heterocycles. The van der Waals surface area contributed by atoms with Crippen LogP contribution in [0.4, 0.5) is 0 Å². The lowest BCUT2D eigenvalue weighted by molar-refractivity contribution is 0.581. The Hall–Kier alpha value is -1.97. The number of aliphatic imine (C=N–C) groups is 1. The summed E-state index contributed by atoms with van der Waals surface area (Å²) < 4.78 is 27.1. The minimum atomic E-state index is -3.41. The van der Waals surface area contributed by atoms with Gasteiger partial charge in [-0.3, -0.25) is 0 Å². The van der Waals surface area contributed by atoms with E-state index in [1.54, 1.807) is 35.6 Å². The molecule has 146 valence electrons. The lowest BCUT2D eigenvalue weighted by Crippen LogP contribution is -2.36. The third-order valence-electron chi connectivity index (χ3n) is 3.97. The third kappa shape index (κ3) is 6.02. The number of benzene rings is 1. The van der Waals surface area contributed by atoms with Crippen molar-refractivity contribution in [1.82, 2.24) is 20.3 Å². The quantitative estimate of drug-likeness (QED) is 0.460. The lowest BCUT2D eigenvalue weighted by Gasteiger charge is -2.10. The van der Waals surface area contributed by atoms with Gasteiger partial charge in [0.1, 0.15) is 5.01 Å². The minimum Gasteiger partial charge on any atom is -0.357 e. The summed E-state index contributed by atoms with van der Waals surface area (Å²) in [5.41, 5.74) is 0.947. The van der Waals surface area contributed by atoms with Crippen LogP contribution < -0.4 is 15.4 Å². The van der Waals surface area contributed by atoms with Crippen LogP contribution in [0.25, 0.3) is 0 Å².